The summed E-state index contributed by atoms with van der Waals surface area (Å²) in [6.07, 6.45) is 4.14. The summed E-state index contributed by atoms with van der Waals surface area (Å²) >= 11 is 0. The third-order valence-electron chi connectivity index (χ3n) is 5.86. The van der Waals surface area contributed by atoms with Gasteiger partial charge in [0.25, 0.3) is 21.8 Å². The van der Waals surface area contributed by atoms with E-state index in [1.54, 1.807) is 24.9 Å². The van der Waals surface area contributed by atoms with Gasteiger partial charge in [0.05, 0.1) is 5.56 Å². The first-order chi connectivity index (χ1) is 12.3. The minimum absolute atomic E-state index is 0. The van der Waals surface area contributed by atoms with Crippen molar-refractivity contribution in [3.63, 3.8) is 0 Å². The predicted octanol–water partition coefficient (Wildman–Crippen LogP) is 1.63. The maximum Gasteiger partial charge on any atom is 0.268 e. The normalized spacial score (nSPS) is 27.9. The number of hydrogen-bond donors (Lipinski definition) is 1. The first-order valence-corrected chi connectivity index (χ1v) is 10.5. The molecule has 3 aliphatic rings. The van der Waals surface area contributed by atoms with Crippen molar-refractivity contribution < 1.29 is 18.0 Å². The Kier molecular flexibility index (Phi) is 5.26. The Labute approximate surface area is 165 Å². The SMILES string of the molecule is CCN1C(=O)c2ccc(C(=O)N(C)C3CC4CCC(C3)N4)cc2S1(=O)=O.Cl. The molecule has 3 heterocycles. The van der Waals surface area contributed by atoms with Crippen molar-refractivity contribution in [1.29, 1.82) is 0 Å². The lowest BCUT2D eigenvalue weighted by Gasteiger charge is -2.35. The average Bonchev–Trinajstić information content (AvgIpc) is 3.06. The summed E-state index contributed by atoms with van der Waals surface area (Å²) in [7, 11) is -2.08. The monoisotopic (exact) mass is 413 g/mol. The molecule has 27 heavy (non-hydrogen) atoms. The maximum atomic E-state index is 12.9. The fraction of sp³-hybridized carbons (Fsp3) is 0.556. The molecule has 0 radical (unpaired) electrons. The number of nitrogens with one attached hydrogen (secondary N) is 1. The van der Waals surface area contributed by atoms with Gasteiger partial charge in [-0.1, -0.05) is 0 Å². The Morgan fingerprint density at radius 1 is 1.26 bits per heavy atom. The zero-order valence-corrected chi connectivity index (χ0v) is 17.0. The van der Waals surface area contributed by atoms with Gasteiger partial charge in [-0.3, -0.25) is 9.59 Å². The highest BCUT2D eigenvalue weighted by Gasteiger charge is 2.41. The van der Waals surface area contributed by atoms with Gasteiger partial charge in [-0.2, -0.15) is 0 Å². The molecule has 148 valence electrons. The fourth-order valence-electron chi connectivity index (χ4n) is 4.43. The molecule has 2 bridgehead atoms. The van der Waals surface area contributed by atoms with E-state index in [4.69, 9.17) is 0 Å². The topological polar surface area (TPSA) is 86.8 Å². The van der Waals surface area contributed by atoms with Gasteiger partial charge < -0.3 is 10.2 Å². The highest BCUT2D eigenvalue weighted by molar-refractivity contribution is 7.90. The molecule has 1 N–H and O–H groups in total. The molecule has 2 atom stereocenters. The molecule has 1 aromatic rings. The number of fused-ring (bicyclic) bond motifs is 3. The summed E-state index contributed by atoms with van der Waals surface area (Å²) in [6.45, 7) is 1.70. The first-order valence-electron chi connectivity index (χ1n) is 9.07. The van der Waals surface area contributed by atoms with Crippen molar-refractivity contribution in [1.82, 2.24) is 14.5 Å². The van der Waals surface area contributed by atoms with Crippen molar-refractivity contribution in [2.75, 3.05) is 13.6 Å². The molecule has 0 aliphatic carbocycles. The number of sulfonamides is 1. The van der Waals surface area contributed by atoms with Crippen LogP contribution in [0.1, 0.15) is 53.3 Å². The van der Waals surface area contributed by atoms with Gasteiger partial charge in [-0.05, 0) is 50.8 Å². The Balaban J connectivity index is 0.00000210. The number of halogens is 1. The largest absolute Gasteiger partial charge is 0.339 e. The van der Waals surface area contributed by atoms with Crippen molar-refractivity contribution >= 4 is 34.2 Å². The van der Waals surface area contributed by atoms with E-state index < -0.39 is 15.9 Å². The highest BCUT2D eigenvalue weighted by Crippen LogP contribution is 2.33. The van der Waals surface area contributed by atoms with Gasteiger partial charge in [0, 0.05) is 37.3 Å². The molecular formula is C18H24ClN3O4S. The van der Waals surface area contributed by atoms with E-state index in [2.05, 4.69) is 5.32 Å². The van der Waals surface area contributed by atoms with Gasteiger partial charge in [0.2, 0.25) is 0 Å². The number of nitrogens with zero attached hydrogens (tertiary/aromatic N) is 2. The zero-order valence-electron chi connectivity index (χ0n) is 15.3. The molecule has 2 saturated heterocycles. The second kappa shape index (κ2) is 7.07. The Hall–Kier alpha value is -1.64. The van der Waals surface area contributed by atoms with Gasteiger partial charge in [-0.15, -0.1) is 12.4 Å². The number of amides is 2. The number of hydrogen-bond acceptors (Lipinski definition) is 5. The summed E-state index contributed by atoms with van der Waals surface area (Å²) in [6, 6.07) is 5.44. The smallest absolute Gasteiger partial charge is 0.268 e. The molecule has 9 heteroatoms. The second-order valence-electron chi connectivity index (χ2n) is 7.37. The van der Waals surface area contributed by atoms with E-state index in [-0.39, 0.29) is 41.4 Å². The minimum atomic E-state index is -3.86. The summed E-state index contributed by atoms with van der Waals surface area (Å²) in [5.41, 5.74) is 0.456. The van der Waals surface area contributed by atoms with Crippen LogP contribution < -0.4 is 5.32 Å². The number of carbonyl (C=O) groups excluding carboxylic acids is 2. The Morgan fingerprint density at radius 3 is 2.48 bits per heavy atom. The molecule has 2 fully saturated rings. The summed E-state index contributed by atoms with van der Waals surface area (Å²) in [5, 5.41) is 3.55. The number of rotatable bonds is 3. The average molecular weight is 414 g/mol. The van der Waals surface area contributed by atoms with E-state index >= 15 is 0 Å². The zero-order chi connectivity index (χ0) is 18.6. The summed E-state index contributed by atoms with van der Waals surface area (Å²) < 4.78 is 25.9. The van der Waals surface area contributed by atoms with Crippen molar-refractivity contribution in [3.8, 4) is 0 Å². The van der Waals surface area contributed by atoms with Gasteiger partial charge in [0.15, 0.2) is 0 Å². The standard InChI is InChI=1S/C18H23N3O4S.ClH/c1-3-21-18(23)15-7-4-11(8-16(15)26(21,24)25)17(22)20(2)14-9-12-5-6-13(10-14)19-12;/h4,7-8,12-14,19H,3,5-6,9-10H2,1-2H3;1H. The minimum Gasteiger partial charge on any atom is -0.339 e. The van der Waals surface area contributed by atoms with Crippen LogP contribution in [-0.2, 0) is 10.0 Å². The van der Waals surface area contributed by atoms with E-state index in [0.717, 1.165) is 30.0 Å². The Bertz CT molecular complexity index is 877. The molecular weight excluding hydrogens is 390 g/mol. The van der Waals surface area contributed by atoms with Gasteiger partial charge >= 0.3 is 0 Å². The molecule has 2 unspecified atom stereocenters. The van der Waals surface area contributed by atoms with Crippen molar-refractivity contribution in [2.45, 2.75) is 55.6 Å². The van der Waals surface area contributed by atoms with Crippen LogP contribution >= 0.6 is 12.4 Å². The quantitative estimate of drug-likeness (QED) is 0.813. The van der Waals surface area contributed by atoms with E-state index in [1.165, 1.54) is 12.1 Å². The molecule has 1 aromatic carbocycles. The molecule has 0 aromatic heterocycles. The van der Waals surface area contributed by atoms with E-state index in [9.17, 15) is 18.0 Å². The van der Waals surface area contributed by atoms with Crippen LogP contribution in [0.15, 0.2) is 23.1 Å². The highest BCUT2D eigenvalue weighted by atomic mass is 35.5. The molecule has 0 spiro atoms. The van der Waals surface area contributed by atoms with E-state index in [0.29, 0.717) is 17.6 Å². The van der Waals surface area contributed by atoms with Crippen LogP contribution in [0.2, 0.25) is 0 Å². The third kappa shape index (κ3) is 3.13. The van der Waals surface area contributed by atoms with Crippen LogP contribution in [0.3, 0.4) is 0 Å². The molecule has 3 aliphatic heterocycles. The Morgan fingerprint density at radius 2 is 1.89 bits per heavy atom. The van der Waals surface area contributed by atoms with Crippen LogP contribution in [0.25, 0.3) is 0 Å². The van der Waals surface area contributed by atoms with E-state index in [1.807, 2.05) is 0 Å². The van der Waals surface area contributed by atoms with Crippen LogP contribution in [-0.4, -0.2) is 61.2 Å². The van der Waals surface area contributed by atoms with Gasteiger partial charge in [0.1, 0.15) is 4.90 Å². The molecule has 2 amide bonds. The lowest BCUT2D eigenvalue weighted by Crippen LogP contribution is -2.48. The molecule has 4 rings (SSSR count). The van der Waals surface area contributed by atoms with Crippen LogP contribution in [0.4, 0.5) is 0 Å². The lowest BCUT2D eigenvalue weighted by atomic mass is 9.98. The third-order valence-corrected chi connectivity index (χ3v) is 7.75. The maximum absolute atomic E-state index is 12.9. The van der Waals surface area contributed by atoms with Crippen LogP contribution in [0.5, 0.6) is 0 Å². The number of piperidine rings is 1. The number of carbonyl (C=O) groups is 2. The first kappa shape index (κ1) is 20.1. The van der Waals surface area contributed by atoms with Crippen molar-refractivity contribution in [3.05, 3.63) is 29.3 Å². The lowest BCUT2D eigenvalue weighted by molar-refractivity contribution is 0.0680. The summed E-state index contributed by atoms with van der Waals surface area (Å²) in [4.78, 5) is 26.8. The second-order valence-corrected chi connectivity index (χ2v) is 9.20. The molecule has 7 nitrogen and oxygen atoms in total. The van der Waals surface area contributed by atoms with Crippen molar-refractivity contribution in [2.24, 2.45) is 0 Å². The van der Waals surface area contributed by atoms with Gasteiger partial charge in [-0.25, -0.2) is 12.7 Å². The fourth-order valence-corrected chi connectivity index (χ4v) is 6.04. The summed E-state index contributed by atoms with van der Waals surface area (Å²) in [5.74, 6) is -0.721. The van der Waals surface area contributed by atoms with Crippen LogP contribution in [0, 0.1) is 0 Å². The molecule has 0 saturated carbocycles. The predicted molar refractivity (Wildman–Crippen MR) is 103 cm³/mol. The number of benzene rings is 1.